The normalized spacial score (nSPS) is 16.4. The van der Waals surface area contributed by atoms with Gasteiger partial charge in [0.25, 0.3) is 0 Å². The van der Waals surface area contributed by atoms with E-state index in [2.05, 4.69) is 141 Å². The summed E-state index contributed by atoms with van der Waals surface area (Å²) < 4.78 is 17.9. The van der Waals surface area contributed by atoms with Crippen LogP contribution >= 0.6 is 11.3 Å². The van der Waals surface area contributed by atoms with Crippen LogP contribution in [0.2, 0.25) is 0 Å². The maximum Gasteiger partial charge on any atom is 0.495 e. The summed E-state index contributed by atoms with van der Waals surface area (Å²) in [7, 11) is -0.398. The number of aromatic nitrogens is 1. The van der Waals surface area contributed by atoms with Crippen LogP contribution in [0.3, 0.4) is 0 Å². The summed E-state index contributed by atoms with van der Waals surface area (Å²) in [6.07, 6.45) is 0. The van der Waals surface area contributed by atoms with Gasteiger partial charge in [0.15, 0.2) is 0 Å². The zero-order chi connectivity index (χ0) is 27.9. The topological polar surface area (TPSA) is 23.4 Å². The van der Waals surface area contributed by atoms with Crippen LogP contribution < -0.4 is 5.46 Å². The molecule has 0 spiro atoms. The van der Waals surface area contributed by atoms with Crippen molar-refractivity contribution < 1.29 is 9.31 Å². The molecule has 0 unspecified atom stereocenters. The quantitative estimate of drug-likeness (QED) is 0.205. The van der Waals surface area contributed by atoms with Crippen LogP contribution in [0.15, 0.2) is 109 Å². The molecule has 1 fully saturated rings. The fourth-order valence-electron chi connectivity index (χ4n) is 6.21. The Balaban J connectivity index is 1.30. The Kier molecular flexibility index (Phi) is 5.34. The highest BCUT2D eigenvalue weighted by atomic mass is 32.1. The molecule has 1 aliphatic rings. The summed E-state index contributed by atoms with van der Waals surface area (Å²) in [5.41, 5.74) is 6.36. The number of fused-ring (bicyclic) bond motifs is 6. The van der Waals surface area contributed by atoms with Crippen LogP contribution in [0.5, 0.6) is 0 Å². The van der Waals surface area contributed by atoms with Gasteiger partial charge in [-0.2, -0.15) is 0 Å². The van der Waals surface area contributed by atoms with Crippen LogP contribution in [-0.2, 0) is 9.31 Å². The van der Waals surface area contributed by atoms with Gasteiger partial charge in [0, 0.05) is 36.6 Å². The van der Waals surface area contributed by atoms with E-state index in [4.69, 9.17) is 9.31 Å². The standard InChI is InChI=1S/C36H30BNO2S/c1-35(2)36(3,4)40-37(39-35)29-14-10-16-33-34(29)28-22-24(18-20-32(28)41-33)23-17-19-31-27(21-23)26-13-8-9-15-30(26)38(31)25-11-6-5-7-12-25/h5-22H,1-4H3. The zero-order valence-corrected chi connectivity index (χ0v) is 24.5. The van der Waals surface area contributed by atoms with Crippen molar-refractivity contribution >= 4 is 65.9 Å². The molecule has 1 aliphatic heterocycles. The smallest absolute Gasteiger partial charge is 0.399 e. The Morgan fingerprint density at radius 2 is 1.24 bits per heavy atom. The molecular formula is C36H30BNO2S. The largest absolute Gasteiger partial charge is 0.495 e. The summed E-state index contributed by atoms with van der Waals surface area (Å²) in [5.74, 6) is 0. The summed E-state index contributed by atoms with van der Waals surface area (Å²) in [6.45, 7) is 8.45. The molecule has 3 nitrogen and oxygen atoms in total. The van der Waals surface area contributed by atoms with E-state index in [1.54, 1.807) is 0 Å². The molecule has 0 aliphatic carbocycles. The van der Waals surface area contributed by atoms with Crippen molar-refractivity contribution in [3.05, 3.63) is 109 Å². The average Bonchev–Trinajstić information content (AvgIpc) is 3.59. The van der Waals surface area contributed by atoms with Gasteiger partial charge in [-0.25, -0.2) is 0 Å². The molecule has 200 valence electrons. The van der Waals surface area contributed by atoms with Crippen LogP contribution in [0, 0.1) is 0 Å². The first-order valence-corrected chi connectivity index (χ1v) is 15.0. The molecule has 0 amide bonds. The van der Waals surface area contributed by atoms with Crippen molar-refractivity contribution in [2.24, 2.45) is 0 Å². The van der Waals surface area contributed by atoms with E-state index < -0.39 is 7.12 Å². The van der Waals surface area contributed by atoms with Gasteiger partial charge < -0.3 is 13.9 Å². The predicted molar refractivity (Wildman–Crippen MR) is 175 cm³/mol. The summed E-state index contributed by atoms with van der Waals surface area (Å²) in [4.78, 5) is 0. The van der Waals surface area contributed by atoms with E-state index in [1.165, 1.54) is 58.8 Å². The van der Waals surface area contributed by atoms with Gasteiger partial charge in [0.1, 0.15) is 0 Å². The van der Waals surface area contributed by atoms with Crippen LogP contribution in [-0.4, -0.2) is 22.9 Å². The van der Waals surface area contributed by atoms with E-state index in [-0.39, 0.29) is 11.2 Å². The summed E-state index contributed by atoms with van der Waals surface area (Å²) in [5, 5.41) is 5.00. The number of nitrogens with zero attached hydrogens (tertiary/aromatic N) is 1. The number of rotatable bonds is 3. The van der Waals surface area contributed by atoms with Crippen LogP contribution in [0.25, 0.3) is 58.8 Å². The van der Waals surface area contributed by atoms with Crippen molar-refractivity contribution in [3.63, 3.8) is 0 Å². The maximum atomic E-state index is 6.50. The maximum absolute atomic E-state index is 6.50. The molecule has 41 heavy (non-hydrogen) atoms. The third-order valence-electron chi connectivity index (χ3n) is 9.05. The SMILES string of the molecule is CC1(C)OB(c2cccc3sc4ccc(-c5ccc6c(c5)c5ccccc5n6-c5ccccc5)cc4c23)OC1(C)C. The van der Waals surface area contributed by atoms with Gasteiger partial charge >= 0.3 is 7.12 Å². The van der Waals surface area contributed by atoms with Gasteiger partial charge in [0.2, 0.25) is 0 Å². The monoisotopic (exact) mass is 551 g/mol. The second kappa shape index (κ2) is 8.80. The number of hydrogen-bond donors (Lipinski definition) is 0. The molecule has 1 saturated heterocycles. The van der Waals surface area contributed by atoms with Crippen molar-refractivity contribution in [1.29, 1.82) is 0 Å². The molecule has 0 bridgehead atoms. The van der Waals surface area contributed by atoms with Gasteiger partial charge in [-0.1, -0.05) is 60.7 Å². The lowest BCUT2D eigenvalue weighted by Gasteiger charge is -2.32. The van der Waals surface area contributed by atoms with E-state index in [9.17, 15) is 0 Å². The fourth-order valence-corrected chi connectivity index (χ4v) is 7.33. The number of thiophene rings is 1. The first-order chi connectivity index (χ1) is 19.8. The molecule has 0 N–H and O–H groups in total. The molecule has 2 aromatic heterocycles. The first-order valence-electron chi connectivity index (χ1n) is 14.2. The molecular weight excluding hydrogens is 521 g/mol. The first kappa shape index (κ1) is 24.9. The number of benzene rings is 5. The minimum Gasteiger partial charge on any atom is -0.399 e. The minimum atomic E-state index is -0.398. The second-order valence-electron chi connectivity index (χ2n) is 12.0. The molecule has 7 aromatic rings. The fraction of sp³-hybridized carbons (Fsp3) is 0.167. The molecule has 0 saturated carbocycles. The van der Waals surface area contributed by atoms with Crippen molar-refractivity contribution in [1.82, 2.24) is 4.57 Å². The number of hydrogen-bond acceptors (Lipinski definition) is 3. The summed E-state index contributed by atoms with van der Waals surface area (Å²) in [6, 6.07) is 39.5. The molecule has 0 atom stereocenters. The Morgan fingerprint density at radius 3 is 2.02 bits per heavy atom. The Bertz CT molecular complexity index is 2110. The molecule has 3 heterocycles. The summed E-state index contributed by atoms with van der Waals surface area (Å²) >= 11 is 1.83. The second-order valence-corrected chi connectivity index (χ2v) is 13.1. The number of para-hydroxylation sites is 2. The Morgan fingerprint density at radius 1 is 0.585 bits per heavy atom. The molecule has 5 heteroatoms. The van der Waals surface area contributed by atoms with Gasteiger partial charge in [0.05, 0.1) is 22.2 Å². The van der Waals surface area contributed by atoms with Crippen molar-refractivity contribution in [2.45, 2.75) is 38.9 Å². The van der Waals surface area contributed by atoms with Gasteiger partial charge in [-0.15, -0.1) is 11.3 Å². The lowest BCUT2D eigenvalue weighted by molar-refractivity contribution is 0.00578. The van der Waals surface area contributed by atoms with Gasteiger partial charge in [-0.05, 0) is 92.8 Å². The van der Waals surface area contributed by atoms with E-state index in [1.807, 2.05) is 11.3 Å². The Labute approximate surface area is 244 Å². The predicted octanol–water partition coefficient (Wildman–Crippen LogP) is 9.12. The highest BCUT2D eigenvalue weighted by Crippen LogP contribution is 2.41. The lowest BCUT2D eigenvalue weighted by Crippen LogP contribution is -2.41. The third-order valence-corrected chi connectivity index (χ3v) is 10.2. The Hall–Kier alpha value is -3.90. The minimum absolute atomic E-state index is 0.384. The molecule has 0 radical (unpaired) electrons. The van der Waals surface area contributed by atoms with E-state index in [0.29, 0.717) is 0 Å². The van der Waals surface area contributed by atoms with Crippen molar-refractivity contribution in [3.8, 4) is 16.8 Å². The van der Waals surface area contributed by atoms with E-state index in [0.717, 1.165) is 5.46 Å². The lowest BCUT2D eigenvalue weighted by atomic mass is 9.76. The zero-order valence-electron chi connectivity index (χ0n) is 23.6. The van der Waals surface area contributed by atoms with Crippen LogP contribution in [0.1, 0.15) is 27.7 Å². The molecule has 8 rings (SSSR count). The highest BCUT2D eigenvalue weighted by Gasteiger charge is 2.52. The van der Waals surface area contributed by atoms with Crippen LogP contribution in [0.4, 0.5) is 0 Å². The van der Waals surface area contributed by atoms with Crippen molar-refractivity contribution in [2.75, 3.05) is 0 Å². The van der Waals surface area contributed by atoms with Gasteiger partial charge in [-0.3, -0.25) is 0 Å². The van der Waals surface area contributed by atoms with E-state index >= 15 is 0 Å². The third kappa shape index (κ3) is 3.73. The average molecular weight is 552 g/mol. The highest BCUT2D eigenvalue weighted by molar-refractivity contribution is 7.26. The molecule has 5 aromatic carbocycles.